The molecule has 1 atom stereocenters. The third-order valence-electron chi connectivity index (χ3n) is 4.34. The van der Waals surface area contributed by atoms with Crippen molar-refractivity contribution in [1.29, 1.82) is 0 Å². The number of fused-ring (bicyclic) bond motifs is 1. The molecule has 3 rings (SSSR count). The van der Waals surface area contributed by atoms with Gasteiger partial charge in [0, 0.05) is 30.9 Å². The van der Waals surface area contributed by atoms with Crippen LogP contribution in [0.3, 0.4) is 0 Å². The van der Waals surface area contributed by atoms with Crippen LogP contribution in [0.5, 0.6) is 0 Å². The maximum absolute atomic E-state index is 12.5. The maximum atomic E-state index is 12.5. The third-order valence-corrected chi connectivity index (χ3v) is 4.34. The Hall–Kier alpha value is -2.04. The summed E-state index contributed by atoms with van der Waals surface area (Å²) in [5.41, 5.74) is 2.10. The number of nitrogens with zero attached hydrogens (tertiary/aromatic N) is 1. The highest BCUT2D eigenvalue weighted by Gasteiger charge is 2.42. The first-order valence-electron chi connectivity index (χ1n) is 6.89. The van der Waals surface area contributed by atoms with Crippen LogP contribution in [0.2, 0.25) is 0 Å². The molecule has 2 N–H and O–H groups in total. The van der Waals surface area contributed by atoms with E-state index in [1.807, 2.05) is 18.2 Å². The van der Waals surface area contributed by atoms with Gasteiger partial charge in [-0.1, -0.05) is 0 Å². The predicted molar refractivity (Wildman–Crippen MR) is 74.9 cm³/mol. The van der Waals surface area contributed by atoms with Crippen molar-refractivity contribution in [3.8, 4) is 0 Å². The Morgan fingerprint density at radius 2 is 2.20 bits per heavy atom. The largest absolute Gasteiger partial charge is 0.481 e. The van der Waals surface area contributed by atoms with E-state index in [1.54, 1.807) is 11.8 Å². The number of benzene rings is 1. The SMILES string of the molecule is CC1(C(=O)O)CCN(C(=O)c2ccc3c(c2)CCN3)C1. The molecule has 0 spiro atoms. The van der Waals surface area contributed by atoms with Gasteiger partial charge in [-0.2, -0.15) is 0 Å². The molecule has 1 aromatic carbocycles. The Balaban J connectivity index is 1.79. The van der Waals surface area contributed by atoms with Crippen LogP contribution in [0.25, 0.3) is 0 Å². The van der Waals surface area contributed by atoms with Crippen molar-refractivity contribution in [2.45, 2.75) is 19.8 Å². The van der Waals surface area contributed by atoms with Crippen LogP contribution < -0.4 is 5.32 Å². The third kappa shape index (κ3) is 2.03. The quantitative estimate of drug-likeness (QED) is 0.859. The molecule has 106 valence electrons. The molecule has 20 heavy (non-hydrogen) atoms. The first kappa shape index (κ1) is 13.0. The van der Waals surface area contributed by atoms with E-state index in [4.69, 9.17) is 0 Å². The van der Waals surface area contributed by atoms with Crippen molar-refractivity contribution < 1.29 is 14.7 Å². The highest BCUT2D eigenvalue weighted by Crippen LogP contribution is 2.31. The number of aliphatic carboxylic acids is 1. The van der Waals surface area contributed by atoms with Crippen LogP contribution >= 0.6 is 0 Å². The smallest absolute Gasteiger partial charge is 0.311 e. The minimum atomic E-state index is -0.828. The average molecular weight is 274 g/mol. The number of carboxylic acids is 1. The standard InChI is InChI=1S/C15H18N2O3/c1-15(14(19)20)5-7-17(9-15)13(18)11-2-3-12-10(8-11)4-6-16-12/h2-3,8,16H,4-7,9H2,1H3,(H,19,20). The summed E-state index contributed by atoms with van der Waals surface area (Å²) in [6, 6.07) is 5.67. The molecule has 2 aliphatic heterocycles. The monoisotopic (exact) mass is 274 g/mol. The lowest BCUT2D eigenvalue weighted by Gasteiger charge is -2.20. The molecule has 5 nitrogen and oxygen atoms in total. The van der Waals surface area contributed by atoms with E-state index in [0.717, 1.165) is 24.2 Å². The van der Waals surface area contributed by atoms with Gasteiger partial charge in [0.15, 0.2) is 0 Å². The van der Waals surface area contributed by atoms with Gasteiger partial charge in [-0.15, -0.1) is 0 Å². The van der Waals surface area contributed by atoms with Gasteiger partial charge in [-0.3, -0.25) is 9.59 Å². The van der Waals surface area contributed by atoms with Crippen molar-refractivity contribution in [3.05, 3.63) is 29.3 Å². The van der Waals surface area contributed by atoms with Crippen molar-refractivity contribution in [2.75, 3.05) is 25.0 Å². The van der Waals surface area contributed by atoms with Crippen LogP contribution in [-0.2, 0) is 11.2 Å². The number of nitrogens with one attached hydrogen (secondary N) is 1. The normalized spacial score (nSPS) is 24.4. The zero-order valence-corrected chi connectivity index (χ0v) is 11.5. The molecular weight excluding hydrogens is 256 g/mol. The van der Waals surface area contributed by atoms with Gasteiger partial charge in [0.25, 0.3) is 5.91 Å². The number of hydrogen-bond donors (Lipinski definition) is 2. The van der Waals surface area contributed by atoms with Crippen LogP contribution in [0.4, 0.5) is 5.69 Å². The Kier molecular flexibility index (Phi) is 2.92. The van der Waals surface area contributed by atoms with E-state index >= 15 is 0 Å². The van der Waals surface area contributed by atoms with Crippen molar-refractivity contribution in [2.24, 2.45) is 5.41 Å². The minimum absolute atomic E-state index is 0.0651. The van der Waals surface area contributed by atoms with E-state index in [-0.39, 0.29) is 12.5 Å². The molecule has 0 aliphatic carbocycles. The molecule has 2 aliphatic rings. The molecule has 2 heterocycles. The summed E-state index contributed by atoms with van der Waals surface area (Å²) in [7, 11) is 0. The summed E-state index contributed by atoms with van der Waals surface area (Å²) in [6.07, 6.45) is 1.45. The van der Waals surface area contributed by atoms with E-state index in [1.165, 1.54) is 0 Å². The molecule has 1 unspecified atom stereocenters. The number of amides is 1. The summed E-state index contributed by atoms with van der Waals surface area (Å²) in [5, 5.41) is 12.5. The molecule has 1 fully saturated rings. The summed E-state index contributed by atoms with van der Waals surface area (Å²) >= 11 is 0. The number of carbonyl (C=O) groups is 2. The second-order valence-electron chi connectivity index (χ2n) is 5.89. The fraction of sp³-hybridized carbons (Fsp3) is 0.467. The molecule has 1 saturated heterocycles. The van der Waals surface area contributed by atoms with Gasteiger partial charge in [0.2, 0.25) is 0 Å². The molecule has 5 heteroatoms. The van der Waals surface area contributed by atoms with Gasteiger partial charge in [-0.25, -0.2) is 0 Å². The number of carbonyl (C=O) groups excluding carboxylic acids is 1. The topological polar surface area (TPSA) is 69.6 Å². The highest BCUT2D eigenvalue weighted by molar-refractivity contribution is 5.95. The number of anilines is 1. The van der Waals surface area contributed by atoms with Gasteiger partial charge in [-0.05, 0) is 43.5 Å². The molecule has 0 bridgehead atoms. The van der Waals surface area contributed by atoms with Gasteiger partial charge in [0.05, 0.1) is 5.41 Å². The lowest BCUT2D eigenvalue weighted by Crippen LogP contribution is -2.34. The van der Waals surface area contributed by atoms with Gasteiger partial charge < -0.3 is 15.3 Å². The second-order valence-corrected chi connectivity index (χ2v) is 5.89. The molecule has 1 amide bonds. The fourth-order valence-corrected chi connectivity index (χ4v) is 2.93. The Labute approximate surface area is 117 Å². The van der Waals surface area contributed by atoms with E-state index in [2.05, 4.69) is 5.32 Å². The van der Waals surface area contributed by atoms with E-state index in [0.29, 0.717) is 18.5 Å². The minimum Gasteiger partial charge on any atom is -0.481 e. The summed E-state index contributed by atoms with van der Waals surface area (Å²) in [6.45, 7) is 3.41. The maximum Gasteiger partial charge on any atom is 0.311 e. The number of hydrogen-bond acceptors (Lipinski definition) is 3. The van der Waals surface area contributed by atoms with Crippen LogP contribution in [0, 0.1) is 5.41 Å². The van der Waals surface area contributed by atoms with Crippen molar-refractivity contribution in [1.82, 2.24) is 4.90 Å². The molecule has 1 aromatic rings. The number of likely N-dealkylation sites (tertiary alicyclic amines) is 1. The van der Waals surface area contributed by atoms with E-state index < -0.39 is 11.4 Å². The lowest BCUT2D eigenvalue weighted by molar-refractivity contribution is -0.147. The molecule has 0 radical (unpaired) electrons. The summed E-state index contributed by atoms with van der Waals surface area (Å²) in [4.78, 5) is 25.4. The van der Waals surface area contributed by atoms with Crippen LogP contribution in [0.15, 0.2) is 18.2 Å². The van der Waals surface area contributed by atoms with Crippen LogP contribution in [-0.4, -0.2) is 41.5 Å². The van der Waals surface area contributed by atoms with Gasteiger partial charge in [0.1, 0.15) is 0 Å². The van der Waals surface area contributed by atoms with Gasteiger partial charge >= 0.3 is 5.97 Å². The zero-order valence-electron chi connectivity index (χ0n) is 11.5. The predicted octanol–water partition coefficient (Wildman–Crippen LogP) is 1.59. The summed E-state index contributed by atoms with van der Waals surface area (Å²) < 4.78 is 0. The molecule has 0 saturated carbocycles. The molecular formula is C15H18N2O3. The second kappa shape index (κ2) is 4.51. The first-order valence-corrected chi connectivity index (χ1v) is 6.89. The fourth-order valence-electron chi connectivity index (χ4n) is 2.93. The average Bonchev–Trinajstić information content (AvgIpc) is 3.04. The van der Waals surface area contributed by atoms with E-state index in [9.17, 15) is 14.7 Å². The zero-order chi connectivity index (χ0) is 14.3. The number of carboxylic acid groups (broad SMARTS) is 1. The first-order chi connectivity index (χ1) is 9.49. The lowest BCUT2D eigenvalue weighted by atomic mass is 9.90. The highest BCUT2D eigenvalue weighted by atomic mass is 16.4. The summed E-state index contributed by atoms with van der Waals surface area (Å²) in [5.74, 6) is -0.893. The van der Waals surface area contributed by atoms with Crippen LogP contribution in [0.1, 0.15) is 29.3 Å². The number of rotatable bonds is 2. The Morgan fingerprint density at radius 1 is 1.40 bits per heavy atom. The van der Waals surface area contributed by atoms with Crippen molar-refractivity contribution in [3.63, 3.8) is 0 Å². The van der Waals surface area contributed by atoms with Crippen molar-refractivity contribution >= 4 is 17.6 Å². The molecule has 0 aromatic heterocycles. The Bertz CT molecular complexity index is 584. The Morgan fingerprint density at radius 3 is 2.90 bits per heavy atom.